The van der Waals surface area contributed by atoms with Gasteiger partial charge < -0.3 is 10.2 Å². The summed E-state index contributed by atoms with van der Waals surface area (Å²) < 4.78 is 38.5. The molecule has 3 fully saturated rings. The van der Waals surface area contributed by atoms with Crippen LogP contribution in [-0.4, -0.2) is 54.4 Å². The first-order valence-corrected chi connectivity index (χ1v) is 11.2. The molecule has 6 rings (SSSR count). The first kappa shape index (κ1) is 22.3. The number of rotatable bonds is 5. The van der Waals surface area contributed by atoms with Crippen LogP contribution in [0.15, 0.2) is 42.9 Å². The lowest BCUT2D eigenvalue weighted by molar-refractivity contribution is -0.137. The number of fused-ring (bicyclic) bond motifs is 2. The summed E-state index contributed by atoms with van der Waals surface area (Å²) in [6.07, 6.45) is 1.32. The monoisotopic (exact) mass is 471 g/mol. The van der Waals surface area contributed by atoms with Crippen LogP contribution >= 0.6 is 0 Å². The molecular weight excluding hydrogens is 447 g/mol. The van der Waals surface area contributed by atoms with Crippen molar-refractivity contribution in [1.82, 2.24) is 29.9 Å². The average molecular weight is 471 g/mol. The second-order valence-electron chi connectivity index (χ2n) is 8.97. The number of carbonyl (C=O) groups is 1. The summed E-state index contributed by atoms with van der Waals surface area (Å²) in [5, 5.41) is 11.5. The molecular formula is C23H24F3N7O. The van der Waals surface area contributed by atoms with Crippen LogP contribution in [0.25, 0.3) is 5.69 Å². The molecule has 3 aliphatic rings. The van der Waals surface area contributed by atoms with Crippen molar-refractivity contribution in [3.8, 4) is 5.69 Å². The smallest absolute Gasteiger partial charge is 0.368 e. The maximum Gasteiger partial charge on any atom is 0.417 e. The van der Waals surface area contributed by atoms with Crippen LogP contribution in [0.3, 0.4) is 0 Å². The molecule has 3 aromatic heterocycles. The number of anilines is 1. The molecule has 1 amide bonds. The molecule has 1 N–H and O–H groups in total. The number of aryl methyl sites for hydroxylation is 1. The van der Waals surface area contributed by atoms with Crippen molar-refractivity contribution < 1.29 is 18.0 Å². The number of aromatic nitrogens is 5. The van der Waals surface area contributed by atoms with E-state index in [-0.39, 0.29) is 29.6 Å². The van der Waals surface area contributed by atoms with Crippen molar-refractivity contribution in [3.63, 3.8) is 0 Å². The van der Waals surface area contributed by atoms with Gasteiger partial charge in [0.05, 0.1) is 24.0 Å². The van der Waals surface area contributed by atoms with Crippen molar-refractivity contribution in [2.24, 2.45) is 11.8 Å². The third-order valence-electron chi connectivity index (χ3n) is 6.92. The van der Waals surface area contributed by atoms with Gasteiger partial charge in [0.25, 0.3) is 5.91 Å². The van der Waals surface area contributed by atoms with E-state index in [4.69, 9.17) is 0 Å². The third kappa shape index (κ3) is 3.99. The van der Waals surface area contributed by atoms with Gasteiger partial charge in [-0.05, 0) is 55.9 Å². The second-order valence-corrected chi connectivity index (χ2v) is 8.97. The summed E-state index contributed by atoms with van der Waals surface area (Å²) in [6.45, 7) is 4.32. The Morgan fingerprint density at radius 3 is 2.53 bits per heavy atom. The second kappa shape index (κ2) is 8.37. The minimum absolute atomic E-state index is 0.0989. The van der Waals surface area contributed by atoms with Crippen LogP contribution in [0, 0.1) is 18.8 Å². The van der Waals surface area contributed by atoms with Crippen LogP contribution in [-0.2, 0) is 6.18 Å². The lowest BCUT2D eigenvalue weighted by atomic mass is 9.64. The van der Waals surface area contributed by atoms with E-state index in [1.807, 2.05) is 17.9 Å². The predicted octanol–water partition coefficient (Wildman–Crippen LogP) is 3.74. The summed E-state index contributed by atoms with van der Waals surface area (Å²) in [6, 6.07) is 5.85. The van der Waals surface area contributed by atoms with Crippen LogP contribution in [0.1, 0.15) is 41.5 Å². The van der Waals surface area contributed by atoms with E-state index in [2.05, 4.69) is 32.4 Å². The topological polar surface area (TPSA) is 88.8 Å². The van der Waals surface area contributed by atoms with Gasteiger partial charge in [-0.1, -0.05) is 6.92 Å². The molecule has 2 saturated heterocycles. The zero-order valence-electron chi connectivity index (χ0n) is 18.7. The number of hydrogen-bond donors (Lipinski definition) is 1. The summed E-state index contributed by atoms with van der Waals surface area (Å²) >= 11 is 0. The van der Waals surface area contributed by atoms with Crippen molar-refractivity contribution in [2.45, 2.75) is 44.9 Å². The average Bonchev–Trinajstić information content (AvgIpc) is 3.31. The van der Waals surface area contributed by atoms with Gasteiger partial charge in [0.2, 0.25) is 0 Å². The van der Waals surface area contributed by atoms with Crippen LogP contribution in [0.5, 0.6) is 0 Å². The highest BCUT2D eigenvalue weighted by Crippen LogP contribution is 2.47. The molecule has 1 aliphatic carbocycles. The third-order valence-corrected chi connectivity index (χ3v) is 6.92. The first-order chi connectivity index (χ1) is 16.2. The number of amides is 1. The zero-order chi connectivity index (χ0) is 24.0. The first-order valence-electron chi connectivity index (χ1n) is 11.2. The summed E-state index contributed by atoms with van der Waals surface area (Å²) in [5.41, 5.74) is 0.698. The van der Waals surface area contributed by atoms with Gasteiger partial charge in [0.15, 0.2) is 5.69 Å². The van der Waals surface area contributed by atoms with E-state index < -0.39 is 11.7 Å². The Bertz CT molecular complexity index is 1170. The Hall–Kier alpha value is -3.50. The highest BCUT2D eigenvalue weighted by atomic mass is 19.4. The number of carbonyl (C=O) groups excluding carboxylic acids is 1. The summed E-state index contributed by atoms with van der Waals surface area (Å²) in [4.78, 5) is 25.6. The Morgan fingerprint density at radius 1 is 1.15 bits per heavy atom. The van der Waals surface area contributed by atoms with Crippen molar-refractivity contribution >= 4 is 11.7 Å². The molecule has 3 aromatic rings. The quantitative estimate of drug-likeness (QED) is 0.610. The molecule has 1 unspecified atom stereocenters. The predicted molar refractivity (Wildman–Crippen MR) is 117 cm³/mol. The van der Waals surface area contributed by atoms with E-state index in [0.29, 0.717) is 29.7 Å². The fourth-order valence-corrected chi connectivity index (χ4v) is 4.93. The fourth-order valence-electron chi connectivity index (χ4n) is 4.93. The number of halogens is 3. The highest BCUT2D eigenvalue weighted by Gasteiger charge is 2.51. The number of alkyl halides is 3. The van der Waals surface area contributed by atoms with E-state index >= 15 is 0 Å². The maximum atomic E-state index is 13.9. The van der Waals surface area contributed by atoms with Gasteiger partial charge >= 0.3 is 6.18 Å². The Kier molecular flexibility index (Phi) is 5.49. The molecule has 2 aliphatic heterocycles. The van der Waals surface area contributed by atoms with Crippen molar-refractivity contribution in [2.75, 3.05) is 11.9 Å². The lowest BCUT2D eigenvalue weighted by Crippen LogP contribution is -2.64. The minimum Gasteiger partial charge on any atom is -0.368 e. The molecule has 2 bridgehead atoms. The number of piperidine rings is 2. The van der Waals surface area contributed by atoms with Gasteiger partial charge in [-0.25, -0.2) is 9.97 Å². The summed E-state index contributed by atoms with van der Waals surface area (Å²) in [7, 11) is 0. The molecule has 2 atom stereocenters. The van der Waals surface area contributed by atoms with E-state index in [9.17, 15) is 18.0 Å². The lowest BCUT2D eigenvalue weighted by Gasteiger charge is -2.57. The molecule has 5 heterocycles. The number of hydrogen-bond acceptors (Lipinski definition) is 6. The zero-order valence-corrected chi connectivity index (χ0v) is 18.7. The highest BCUT2D eigenvalue weighted by molar-refractivity contribution is 5.96. The fraction of sp³-hybridized carbons (Fsp3) is 0.435. The molecule has 1 saturated carbocycles. The molecule has 0 aromatic carbocycles. The normalized spacial score (nSPS) is 24.0. The molecule has 178 valence electrons. The van der Waals surface area contributed by atoms with E-state index in [1.54, 1.807) is 6.07 Å². The summed E-state index contributed by atoms with van der Waals surface area (Å²) in [5.74, 6) is 0.867. The molecule has 11 heteroatoms. The molecule has 0 spiro atoms. The van der Waals surface area contributed by atoms with Gasteiger partial charge in [-0.3, -0.25) is 4.79 Å². The molecule has 0 radical (unpaired) electrons. The number of pyridine rings is 2. The minimum atomic E-state index is -4.43. The molecule has 34 heavy (non-hydrogen) atoms. The van der Waals surface area contributed by atoms with Gasteiger partial charge in [0.1, 0.15) is 11.5 Å². The Labute approximate surface area is 194 Å². The van der Waals surface area contributed by atoms with Crippen LogP contribution in [0.4, 0.5) is 19.0 Å². The van der Waals surface area contributed by atoms with E-state index in [1.165, 1.54) is 23.3 Å². The number of nitrogens with zero attached hydrogens (tertiary/aromatic N) is 6. The van der Waals surface area contributed by atoms with Gasteiger partial charge in [-0.15, -0.1) is 4.80 Å². The SMILES string of the molecule is Cc1ccc(-n2nccn2)c(C(=O)N2C3CC(C3)[C@@H](C)C2CNc2ccc(C(F)(F)F)cn2)n1. The Morgan fingerprint density at radius 2 is 1.88 bits per heavy atom. The van der Waals surface area contributed by atoms with Crippen LogP contribution in [0.2, 0.25) is 0 Å². The standard InChI is InChI=1S/C23H24F3N7O/c1-13-3-5-18(33-29-7-8-30-33)21(31-13)22(34)32-17-9-15(10-17)14(2)19(32)12-28-20-6-4-16(11-27-20)23(24,25)26/h3-8,11,14-15,17,19H,9-10,12H2,1-2H3,(H,27,28)/t14-,15?,17?,19?/m1/s1. The molecule has 8 nitrogen and oxygen atoms in total. The Balaban J connectivity index is 1.40. The maximum absolute atomic E-state index is 13.9. The largest absolute Gasteiger partial charge is 0.417 e. The van der Waals surface area contributed by atoms with E-state index in [0.717, 1.165) is 25.1 Å². The van der Waals surface area contributed by atoms with Gasteiger partial charge in [-0.2, -0.15) is 23.4 Å². The van der Waals surface area contributed by atoms with Crippen molar-refractivity contribution in [3.05, 3.63) is 59.8 Å². The number of nitrogens with one attached hydrogen (secondary N) is 1. The van der Waals surface area contributed by atoms with Crippen molar-refractivity contribution in [1.29, 1.82) is 0 Å². The van der Waals surface area contributed by atoms with Crippen LogP contribution < -0.4 is 5.32 Å². The van der Waals surface area contributed by atoms with Gasteiger partial charge in [0, 0.05) is 24.5 Å².